The number of aromatic nitrogens is 4. The standard InChI is InChI=1S/C41H51N11O5/c1-57-31-39(54)50-49-38(53)26-47-41(56)37(19-7-13-25-52(29-34-16-4-10-22-45-34)30-35-17-5-11-23-46-35)48-40(55)36(42)18-6-12-24-51(27-32-14-2-8-20-43-32)28-33-15-3-9-21-44-33/h2-4,8-9,14-17,20-21,23,36-37H,6-7,12-13,18-19,24-31,42H2,1H3,(H,47,56)(H,48,55)(H,49,53)(H,50,54). The maximum atomic E-state index is 13.4. The van der Waals surface area contributed by atoms with E-state index in [1.807, 2.05) is 42.5 Å². The lowest BCUT2D eigenvalue weighted by Crippen LogP contribution is -2.53. The number of unbranched alkanes of at least 4 members (excludes halogenated alkanes) is 2. The van der Waals surface area contributed by atoms with E-state index in [9.17, 15) is 19.2 Å². The minimum Gasteiger partial charge on any atom is -0.375 e. The van der Waals surface area contributed by atoms with Crippen molar-refractivity contribution >= 4 is 23.6 Å². The highest BCUT2D eigenvalue weighted by molar-refractivity contribution is 5.92. The van der Waals surface area contributed by atoms with Crippen LogP contribution in [0.4, 0.5) is 0 Å². The van der Waals surface area contributed by atoms with Gasteiger partial charge in [-0.3, -0.25) is 54.8 Å². The monoisotopic (exact) mass is 777 g/mol. The number of nitrogens with two attached hydrogens (primary N) is 1. The molecule has 4 heterocycles. The first-order chi connectivity index (χ1) is 27.8. The highest BCUT2D eigenvalue weighted by atomic mass is 16.5. The molecular weight excluding hydrogens is 727 g/mol. The lowest BCUT2D eigenvalue weighted by Gasteiger charge is -2.23. The molecule has 0 aromatic carbocycles. The van der Waals surface area contributed by atoms with Crippen LogP contribution < -0.4 is 27.2 Å². The molecule has 0 saturated heterocycles. The van der Waals surface area contributed by atoms with Gasteiger partial charge in [-0.25, -0.2) is 4.98 Å². The molecule has 4 amide bonds. The number of ether oxygens (including phenoxy) is 1. The lowest BCUT2D eigenvalue weighted by molar-refractivity contribution is -0.132. The molecule has 6 N–H and O–H groups in total. The van der Waals surface area contributed by atoms with Gasteiger partial charge in [0.15, 0.2) is 0 Å². The van der Waals surface area contributed by atoms with Gasteiger partial charge in [0.1, 0.15) is 12.6 Å². The first kappa shape index (κ1) is 43.7. The molecule has 57 heavy (non-hydrogen) atoms. The summed E-state index contributed by atoms with van der Waals surface area (Å²) in [6.07, 6.45) is 11.3. The fraction of sp³-hybridized carbons (Fsp3) is 0.415. The molecule has 0 fully saturated rings. The third kappa shape index (κ3) is 17.5. The second-order valence-corrected chi connectivity index (χ2v) is 13.3. The maximum Gasteiger partial charge on any atom is 0.264 e. The molecule has 0 bridgehead atoms. The van der Waals surface area contributed by atoms with Gasteiger partial charge in [-0.1, -0.05) is 30.7 Å². The molecule has 0 aliphatic carbocycles. The van der Waals surface area contributed by atoms with Gasteiger partial charge in [0.2, 0.25) is 11.8 Å². The molecule has 4 aromatic rings. The molecule has 16 heteroatoms. The van der Waals surface area contributed by atoms with E-state index in [1.54, 1.807) is 30.7 Å². The molecule has 2 unspecified atom stereocenters. The van der Waals surface area contributed by atoms with Crippen molar-refractivity contribution in [3.8, 4) is 0 Å². The Bertz CT molecular complexity index is 1680. The van der Waals surface area contributed by atoms with E-state index in [0.717, 1.165) is 35.7 Å². The van der Waals surface area contributed by atoms with Crippen molar-refractivity contribution < 1.29 is 23.9 Å². The van der Waals surface area contributed by atoms with Crippen molar-refractivity contribution in [2.45, 2.75) is 76.8 Å². The van der Waals surface area contributed by atoms with E-state index >= 15 is 0 Å². The van der Waals surface area contributed by atoms with Gasteiger partial charge in [0.25, 0.3) is 11.8 Å². The molecule has 0 spiro atoms. The van der Waals surface area contributed by atoms with E-state index in [-0.39, 0.29) is 6.61 Å². The zero-order valence-corrected chi connectivity index (χ0v) is 32.3. The Morgan fingerprint density at radius 3 is 1.98 bits per heavy atom. The normalized spacial score (nSPS) is 11.9. The smallest absolute Gasteiger partial charge is 0.264 e. The summed E-state index contributed by atoms with van der Waals surface area (Å²) in [6.45, 7) is 3.10. The van der Waals surface area contributed by atoms with Gasteiger partial charge < -0.3 is 21.1 Å². The van der Waals surface area contributed by atoms with E-state index in [1.165, 1.54) is 7.11 Å². The molecule has 2 atom stereocenters. The minimum absolute atomic E-state index is 0.245. The Balaban J connectivity index is 1.31. The molecule has 4 aromatic heterocycles. The van der Waals surface area contributed by atoms with Gasteiger partial charge in [0.05, 0.1) is 41.6 Å². The predicted molar refractivity (Wildman–Crippen MR) is 209 cm³/mol. The van der Waals surface area contributed by atoms with Crippen LogP contribution in [0.1, 0.15) is 61.3 Å². The van der Waals surface area contributed by atoms with Crippen molar-refractivity contribution in [3.05, 3.63) is 120 Å². The van der Waals surface area contributed by atoms with Gasteiger partial charge in [0, 0.05) is 57.9 Å². The number of carbonyl (C=O) groups is 4. The number of hydrogen-bond acceptors (Lipinski definition) is 12. The topological polar surface area (TPSA) is 210 Å². The van der Waals surface area contributed by atoms with Crippen molar-refractivity contribution in [1.29, 1.82) is 0 Å². The highest BCUT2D eigenvalue weighted by Crippen LogP contribution is 2.12. The Hall–Kier alpha value is -6.04. The Morgan fingerprint density at radius 1 is 0.737 bits per heavy atom. The number of methoxy groups -OCH3 is 1. The van der Waals surface area contributed by atoms with Crippen LogP contribution in [0.3, 0.4) is 0 Å². The average molecular weight is 778 g/mol. The first-order valence-electron chi connectivity index (χ1n) is 18.9. The molecule has 16 nitrogen and oxygen atoms in total. The quantitative estimate of drug-likeness (QED) is 0.0476. The van der Waals surface area contributed by atoms with E-state index < -0.39 is 42.3 Å². The van der Waals surface area contributed by atoms with Gasteiger partial charge >= 0.3 is 0 Å². The maximum absolute atomic E-state index is 13.4. The summed E-state index contributed by atoms with van der Waals surface area (Å²) < 4.78 is 4.72. The summed E-state index contributed by atoms with van der Waals surface area (Å²) in [6, 6.07) is 23.8. The van der Waals surface area contributed by atoms with Crippen molar-refractivity contribution in [3.63, 3.8) is 0 Å². The van der Waals surface area contributed by atoms with Crippen LogP contribution in [0.2, 0.25) is 0 Å². The van der Waals surface area contributed by atoms with Crippen molar-refractivity contribution in [2.24, 2.45) is 5.73 Å². The summed E-state index contributed by atoms with van der Waals surface area (Å²) in [5.74, 6) is -2.22. The first-order valence-corrected chi connectivity index (χ1v) is 18.9. The van der Waals surface area contributed by atoms with Crippen LogP contribution in [0.15, 0.2) is 73.2 Å². The number of hydrogen-bond donors (Lipinski definition) is 5. The Kier molecular flexibility index (Phi) is 19.3. The molecule has 4 rings (SSSR count). The zero-order valence-electron chi connectivity index (χ0n) is 32.3. The number of amides is 4. The third-order valence-electron chi connectivity index (χ3n) is 8.70. The van der Waals surface area contributed by atoms with Crippen LogP contribution in [-0.4, -0.2) is 98.8 Å². The van der Waals surface area contributed by atoms with Gasteiger partial charge in [-0.2, -0.15) is 0 Å². The second-order valence-electron chi connectivity index (χ2n) is 13.3. The third-order valence-corrected chi connectivity index (χ3v) is 8.70. The molecule has 0 aliphatic rings. The largest absolute Gasteiger partial charge is 0.375 e. The van der Waals surface area contributed by atoms with Crippen LogP contribution in [0.25, 0.3) is 0 Å². The molecule has 300 valence electrons. The van der Waals surface area contributed by atoms with E-state index in [2.05, 4.69) is 75.6 Å². The van der Waals surface area contributed by atoms with Crippen molar-refractivity contribution in [2.75, 3.05) is 33.4 Å². The summed E-state index contributed by atoms with van der Waals surface area (Å²) in [4.78, 5) is 72.8. The Labute approximate surface area is 334 Å². The number of rotatable bonds is 25. The fourth-order valence-electron chi connectivity index (χ4n) is 5.84. The number of hydrazine groups is 1. The van der Waals surface area contributed by atoms with E-state index in [4.69, 9.17) is 10.5 Å². The van der Waals surface area contributed by atoms with Crippen molar-refractivity contribution in [1.82, 2.24) is 51.2 Å². The van der Waals surface area contributed by atoms with Crippen LogP contribution >= 0.6 is 0 Å². The molecular formula is C41H51N11O5. The minimum atomic E-state index is -0.957. The highest BCUT2D eigenvalue weighted by Gasteiger charge is 2.24. The summed E-state index contributed by atoms with van der Waals surface area (Å²) in [5, 5.41) is 5.38. The van der Waals surface area contributed by atoms with E-state index in [0.29, 0.717) is 64.8 Å². The van der Waals surface area contributed by atoms with Crippen LogP contribution in [0, 0.1) is 24.4 Å². The summed E-state index contributed by atoms with van der Waals surface area (Å²) in [5.41, 5.74) is 14.3. The number of nitrogens with zero attached hydrogens (tertiary/aromatic N) is 6. The van der Waals surface area contributed by atoms with Gasteiger partial charge in [-0.05, 0) is 87.7 Å². The SMILES string of the molecule is COCC(=O)NNC(=O)CNC(=O)C(CCCCN(Cc1ccc#cn1)Cc1cc#ccn1)NC(=O)C(N)CCCCN(Cc1ccccn1)Cc1ccccn1. The lowest BCUT2D eigenvalue weighted by atomic mass is 10.1. The summed E-state index contributed by atoms with van der Waals surface area (Å²) >= 11 is 0. The fourth-order valence-corrected chi connectivity index (χ4v) is 5.84. The van der Waals surface area contributed by atoms with Gasteiger partial charge in [-0.15, -0.1) is 0 Å². The number of pyridine rings is 2. The van der Waals surface area contributed by atoms with Crippen LogP contribution in [0.5, 0.6) is 0 Å². The number of nitrogens with one attached hydrogen (secondary N) is 4. The molecule has 0 saturated carbocycles. The van der Waals surface area contributed by atoms with Crippen LogP contribution in [-0.2, 0) is 50.1 Å². The zero-order chi connectivity index (χ0) is 40.5. The summed E-state index contributed by atoms with van der Waals surface area (Å²) in [7, 11) is 1.35. The predicted octanol–water partition coefficient (Wildman–Crippen LogP) is 1.23. The molecule has 0 radical (unpaired) electrons. The average Bonchev–Trinajstić information content (AvgIpc) is 3.23. The molecule has 0 aliphatic heterocycles. The number of carbonyl (C=O) groups excluding carboxylic acids is 4. The Morgan fingerprint density at radius 2 is 1.39 bits per heavy atom. The second kappa shape index (κ2) is 25.2.